The fourth-order valence-electron chi connectivity index (χ4n) is 1.92. The molecule has 1 saturated heterocycles. The number of aliphatic hydroxyl groups excluding tert-OH is 1. The summed E-state index contributed by atoms with van der Waals surface area (Å²) < 4.78 is 4.98. The zero-order valence-electron chi connectivity index (χ0n) is 20.1. The first-order valence-corrected chi connectivity index (χ1v) is 9.72. The summed E-state index contributed by atoms with van der Waals surface area (Å²) in [6.07, 6.45) is 16.4. The molecule has 31 heavy (non-hydrogen) atoms. The predicted octanol–water partition coefficient (Wildman–Crippen LogP) is 2.31. The molecule has 4 N–H and O–H groups in total. The normalized spacial score (nSPS) is 16.2. The van der Waals surface area contributed by atoms with E-state index in [1.54, 1.807) is 26.8 Å². The van der Waals surface area contributed by atoms with E-state index in [9.17, 15) is 19.5 Å². The van der Waals surface area contributed by atoms with E-state index in [-0.39, 0.29) is 19.5 Å². The van der Waals surface area contributed by atoms with Gasteiger partial charge in [0.1, 0.15) is 18.2 Å². The Kier molecular flexibility index (Phi) is 23.2. The van der Waals surface area contributed by atoms with Gasteiger partial charge < -0.3 is 25.8 Å². The van der Waals surface area contributed by atoms with Crippen molar-refractivity contribution in [2.45, 2.75) is 72.6 Å². The summed E-state index contributed by atoms with van der Waals surface area (Å²) in [5.74, 6) is -0.330. The molecular formula is C23H41N3O5. The fourth-order valence-corrected chi connectivity index (χ4v) is 1.92. The first-order chi connectivity index (χ1) is 14.2. The van der Waals surface area contributed by atoms with E-state index in [2.05, 4.69) is 58.4 Å². The van der Waals surface area contributed by atoms with E-state index in [0.717, 1.165) is 5.92 Å². The second kappa shape index (κ2) is 20.3. The number of hydrogen-bond acceptors (Lipinski definition) is 5. The molecule has 0 aromatic rings. The maximum atomic E-state index is 11.9. The Hall–Kier alpha value is -2.97. The highest BCUT2D eigenvalue weighted by Gasteiger charge is 2.37. The predicted molar refractivity (Wildman–Crippen MR) is 126 cm³/mol. The van der Waals surface area contributed by atoms with Gasteiger partial charge in [-0.25, -0.2) is 4.79 Å². The number of nitrogens with one attached hydrogen (secondary N) is 1. The zero-order valence-corrected chi connectivity index (χ0v) is 20.1. The van der Waals surface area contributed by atoms with Gasteiger partial charge in [-0.05, 0) is 33.6 Å². The molecule has 0 saturated carbocycles. The minimum Gasteiger partial charge on any atom is -0.444 e. The van der Waals surface area contributed by atoms with Gasteiger partial charge in [0.05, 0.1) is 6.10 Å². The van der Waals surface area contributed by atoms with Gasteiger partial charge in [0.25, 0.3) is 0 Å². The van der Waals surface area contributed by atoms with Crippen molar-refractivity contribution in [1.29, 1.82) is 0 Å². The van der Waals surface area contributed by atoms with Crippen LogP contribution < -0.4 is 11.1 Å². The summed E-state index contributed by atoms with van der Waals surface area (Å²) in [5, 5.41) is 11.8. The molecule has 0 aliphatic carbocycles. The van der Waals surface area contributed by atoms with Crippen molar-refractivity contribution >= 4 is 17.9 Å². The number of carbonyl (C=O) groups excluding carboxylic acids is 3. The molecule has 1 fully saturated rings. The van der Waals surface area contributed by atoms with E-state index >= 15 is 0 Å². The quantitative estimate of drug-likeness (QED) is 0.460. The molecule has 2 atom stereocenters. The number of alkyl carbamates (subject to hydrolysis) is 1. The minimum atomic E-state index is -0.835. The van der Waals surface area contributed by atoms with Crippen LogP contribution in [-0.2, 0) is 14.3 Å². The molecular weight excluding hydrogens is 398 g/mol. The summed E-state index contributed by atoms with van der Waals surface area (Å²) in [4.78, 5) is 35.7. The molecule has 178 valence electrons. The van der Waals surface area contributed by atoms with Gasteiger partial charge in [-0.15, -0.1) is 32.3 Å². The molecule has 0 aromatic carbocycles. The fraction of sp³-hybridized carbons (Fsp3) is 0.609. The molecule has 8 nitrogen and oxygen atoms in total. The highest BCUT2D eigenvalue weighted by Crippen LogP contribution is 2.17. The van der Waals surface area contributed by atoms with Crippen molar-refractivity contribution in [3.63, 3.8) is 0 Å². The van der Waals surface area contributed by atoms with E-state index in [1.165, 1.54) is 4.90 Å². The van der Waals surface area contributed by atoms with Crippen LogP contribution in [0.5, 0.6) is 0 Å². The van der Waals surface area contributed by atoms with Gasteiger partial charge >= 0.3 is 6.09 Å². The number of rotatable bonds is 3. The summed E-state index contributed by atoms with van der Waals surface area (Å²) >= 11 is 0. The summed E-state index contributed by atoms with van der Waals surface area (Å²) in [6.45, 7) is 16.6. The lowest BCUT2D eigenvalue weighted by molar-refractivity contribution is -0.136. The van der Waals surface area contributed by atoms with Crippen LogP contribution in [-0.4, -0.2) is 58.8 Å². The number of nitrogens with zero attached hydrogens (tertiary/aromatic N) is 1. The Bertz CT molecular complexity index is 554. The number of hydrogen-bond donors (Lipinski definition) is 3. The number of primary amides is 1. The molecule has 0 bridgehead atoms. The number of allylic oxidation sites excluding steroid dienone is 1. The first-order valence-electron chi connectivity index (χ1n) is 9.72. The zero-order chi connectivity index (χ0) is 25.8. The minimum absolute atomic E-state index is 0.0302. The molecule has 0 aromatic heterocycles. The van der Waals surface area contributed by atoms with Crippen LogP contribution in [0.2, 0.25) is 0 Å². The van der Waals surface area contributed by atoms with Crippen LogP contribution in [0.3, 0.4) is 0 Å². The molecule has 1 rings (SSSR count). The summed E-state index contributed by atoms with van der Waals surface area (Å²) in [7, 11) is 0. The number of β-amino-alcohol motifs (C(OH)–C–C–N with tert-alkyl or cyclic N) is 1. The Morgan fingerprint density at radius 2 is 1.61 bits per heavy atom. The van der Waals surface area contributed by atoms with E-state index in [4.69, 9.17) is 10.5 Å². The van der Waals surface area contributed by atoms with Gasteiger partial charge in [-0.2, -0.15) is 0 Å². The molecule has 1 aliphatic rings. The highest BCUT2D eigenvalue weighted by atomic mass is 16.6. The van der Waals surface area contributed by atoms with Gasteiger partial charge in [0.2, 0.25) is 11.8 Å². The monoisotopic (exact) mass is 439 g/mol. The third-order valence-corrected chi connectivity index (χ3v) is 2.71. The number of nitrogens with two attached hydrogens (primary N) is 1. The number of aliphatic hydroxyl groups is 1. The Balaban J connectivity index is -0.000000279. The van der Waals surface area contributed by atoms with E-state index < -0.39 is 35.7 Å². The van der Waals surface area contributed by atoms with Crippen LogP contribution in [0.25, 0.3) is 0 Å². The molecule has 1 aliphatic heterocycles. The molecule has 1 heterocycles. The Morgan fingerprint density at radius 1 is 1.23 bits per heavy atom. The Morgan fingerprint density at radius 3 is 1.94 bits per heavy atom. The smallest absolute Gasteiger partial charge is 0.408 e. The topological polar surface area (TPSA) is 122 Å². The third-order valence-electron chi connectivity index (χ3n) is 2.71. The maximum Gasteiger partial charge on any atom is 0.408 e. The van der Waals surface area contributed by atoms with Crippen molar-refractivity contribution in [1.82, 2.24) is 10.2 Å². The van der Waals surface area contributed by atoms with Crippen LogP contribution in [0, 0.1) is 31.6 Å². The van der Waals surface area contributed by atoms with Crippen molar-refractivity contribution < 1.29 is 24.2 Å². The van der Waals surface area contributed by atoms with Gasteiger partial charge in [-0.1, -0.05) is 26.8 Å². The van der Waals surface area contributed by atoms with Gasteiger partial charge in [-0.3, -0.25) is 9.59 Å². The second-order valence-corrected chi connectivity index (χ2v) is 7.85. The largest absolute Gasteiger partial charge is 0.444 e. The molecule has 8 heteroatoms. The number of likely N-dealkylation sites (tertiary alicyclic amines) is 1. The van der Waals surface area contributed by atoms with Crippen molar-refractivity contribution in [3.05, 3.63) is 12.7 Å². The van der Waals surface area contributed by atoms with E-state index in [1.807, 2.05) is 6.92 Å². The Labute approximate surface area is 188 Å². The van der Waals surface area contributed by atoms with Crippen LogP contribution in [0.15, 0.2) is 12.7 Å². The lowest BCUT2D eigenvalue weighted by atomic mass is 10.2. The van der Waals surface area contributed by atoms with Crippen molar-refractivity contribution in [2.75, 3.05) is 13.1 Å². The first kappa shape index (κ1) is 35.5. The number of amides is 3. The summed E-state index contributed by atoms with van der Waals surface area (Å²) in [5.41, 5.74) is 4.51. The lowest BCUT2D eigenvalue weighted by Gasteiger charge is -2.23. The molecule has 3 amide bonds. The number of carbonyl (C=O) groups is 3. The molecule has 0 unspecified atom stereocenters. The van der Waals surface area contributed by atoms with Crippen molar-refractivity contribution in [2.24, 2.45) is 11.7 Å². The SMILES string of the molecule is C#C.C#C.C=CC.CC(C)(C)OC(=O)NCC(=O)N1C[C@@H](O)C[C@H]1C(N)=O.CC(C)C. The third kappa shape index (κ3) is 23.2. The van der Waals surface area contributed by atoms with Gasteiger partial charge in [0.15, 0.2) is 0 Å². The maximum absolute atomic E-state index is 11.9. The van der Waals surface area contributed by atoms with Gasteiger partial charge in [0, 0.05) is 13.0 Å². The average molecular weight is 440 g/mol. The number of ether oxygens (including phenoxy) is 1. The molecule has 0 radical (unpaired) electrons. The standard InChI is InChI=1S/C12H21N3O5.C4H10.C3H6.2C2H2/c1-12(2,3)20-11(19)14-5-9(17)15-6-7(16)4-8(15)10(13)18;1-4(2)3;1-3-2;2*1-2/h7-8,16H,4-6H2,1-3H3,(H2,13,18)(H,14,19);4H,1-3H3;3H,1H2,2H3;2*1-2H/t7-,8-;;;;/m0..../s1. The van der Waals surface area contributed by atoms with Crippen molar-refractivity contribution in [3.8, 4) is 25.7 Å². The van der Waals surface area contributed by atoms with E-state index in [0.29, 0.717) is 0 Å². The second-order valence-electron chi connectivity index (χ2n) is 7.85. The molecule has 0 spiro atoms. The lowest BCUT2D eigenvalue weighted by Crippen LogP contribution is -2.48. The highest BCUT2D eigenvalue weighted by molar-refractivity contribution is 5.89. The van der Waals surface area contributed by atoms with Crippen LogP contribution in [0.4, 0.5) is 4.79 Å². The average Bonchev–Trinajstić information content (AvgIpc) is 3.04. The number of terminal acetylenes is 2. The van der Waals surface area contributed by atoms with Crippen LogP contribution >= 0.6 is 0 Å². The summed E-state index contributed by atoms with van der Waals surface area (Å²) in [6, 6.07) is -0.835. The van der Waals surface area contributed by atoms with Crippen LogP contribution in [0.1, 0.15) is 54.9 Å².